The summed E-state index contributed by atoms with van der Waals surface area (Å²) in [7, 11) is -3.90. The molecular weight excluding hydrogens is 510 g/mol. The van der Waals surface area contributed by atoms with Crippen LogP contribution in [0, 0.1) is 33.6 Å². The molecule has 2 aliphatic heterocycles. The van der Waals surface area contributed by atoms with E-state index in [-0.39, 0.29) is 29.0 Å². The SMILES string of the molecule is Cc1cc(C)c(/C=C/c2onc(C)c2S(=O)(=O)N2CCC[C@@H](C(=O)N3CC[C@H](c4ccccc4)C3)C2)c(C)c1. The fraction of sp³-hybridized carbons (Fsp3) is 0.419. The molecule has 0 N–H and O–H groups in total. The molecule has 8 heteroatoms. The number of carbonyl (C=O) groups is 1. The minimum absolute atomic E-state index is 0.0563. The summed E-state index contributed by atoms with van der Waals surface area (Å²) >= 11 is 0. The van der Waals surface area contributed by atoms with Gasteiger partial charge in [-0.05, 0) is 75.3 Å². The van der Waals surface area contributed by atoms with E-state index in [2.05, 4.69) is 36.3 Å². The van der Waals surface area contributed by atoms with E-state index < -0.39 is 10.0 Å². The van der Waals surface area contributed by atoms with Crippen LogP contribution in [0.25, 0.3) is 12.2 Å². The molecule has 0 unspecified atom stereocenters. The Morgan fingerprint density at radius 3 is 2.41 bits per heavy atom. The number of aryl methyl sites for hydroxylation is 4. The fourth-order valence-electron chi connectivity index (χ4n) is 6.12. The van der Waals surface area contributed by atoms with E-state index in [1.165, 1.54) is 15.4 Å². The van der Waals surface area contributed by atoms with Crippen LogP contribution in [-0.2, 0) is 14.8 Å². The normalized spacial score (nSPS) is 20.7. The Balaban J connectivity index is 1.33. The molecule has 0 radical (unpaired) electrons. The van der Waals surface area contributed by atoms with Gasteiger partial charge >= 0.3 is 0 Å². The van der Waals surface area contributed by atoms with E-state index in [1.807, 2.05) is 43.0 Å². The van der Waals surface area contributed by atoms with Crippen LogP contribution in [0.1, 0.15) is 64.5 Å². The van der Waals surface area contributed by atoms with Gasteiger partial charge in [-0.25, -0.2) is 8.42 Å². The highest BCUT2D eigenvalue weighted by Crippen LogP contribution is 2.33. The topological polar surface area (TPSA) is 83.7 Å². The smallest absolute Gasteiger partial charge is 0.248 e. The van der Waals surface area contributed by atoms with Crippen LogP contribution in [0.2, 0.25) is 0 Å². The third-order valence-electron chi connectivity index (χ3n) is 8.07. The average molecular weight is 548 g/mol. The number of carbonyl (C=O) groups excluding carboxylic acids is 1. The Labute approximate surface area is 231 Å². The zero-order chi connectivity index (χ0) is 27.7. The molecule has 0 bridgehead atoms. The fourth-order valence-corrected chi connectivity index (χ4v) is 7.89. The van der Waals surface area contributed by atoms with Crippen molar-refractivity contribution < 1.29 is 17.7 Å². The zero-order valence-electron chi connectivity index (χ0n) is 23.2. The van der Waals surface area contributed by atoms with Crippen molar-refractivity contribution >= 4 is 28.1 Å². The van der Waals surface area contributed by atoms with Crippen LogP contribution >= 0.6 is 0 Å². The van der Waals surface area contributed by atoms with Gasteiger partial charge in [0, 0.05) is 32.1 Å². The summed E-state index contributed by atoms with van der Waals surface area (Å²) < 4.78 is 34.7. The summed E-state index contributed by atoms with van der Waals surface area (Å²) in [5, 5.41) is 4.00. The van der Waals surface area contributed by atoms with E-state index in [0.29, 0.717) is 44.1 Å². The minimum Gasteiger partial charge on any atom is -0.355 e. The summed E-state index contributed by atoms with van der Waals surface area (Å²) in [4.78, 5) is 15.5. The highest BCUT2D eigenvalue weighted by atomic mass is 32.2. The van der Waals surface area contributed by atoms with Crippen LogP contribution in [0.3, 0.4) is 0 Å². The lowest BCUT2D eigenvalue weighted by Gasteiger charge is -2.33. The average Bonchev–Trinajstić information content (AvgIpc) is 3.56. The summed E-state index contributed by atoms with van der Waals surface area (Å²) in [5.41, 5.74) is 6.00. The van der Waals surface area contributed by atoms with Gasteiger partial charge in [-0.2, -0.15) is 4.31 Å². The van der Waals surface area contributed by atoms with E-state index >= 15 is 0 Å². The van der Waals surface area contributed by atoms with Crippen molar-refractivity contribution in [3.8, 4) is 0 Å². The van der Waals surface area contributed by atoms with Crippen LogP contribution in [-0.4, -0.2) is 54.9 Å². The number of nitrogens with zero attached hydrogens (tertiary/aromatic N) is 3. The maximum Gasteiger partial charge on any atom is 0.248 e. The van der Waals surface area contributed by atoms with Gasteiger partial charge in [0.15, 0.2) is 10.7 Å². The molecule has 1 amide bonds. The molecule has 3 aromatic rings. The van der Waals surface area contributed by atoms with Crippen molar-refractivity contribution in [2.75, 3.05) is 26.2 Å². The summed E-state index contributed by atoms with van der Waals surface area (Å²) in [5.74, 6) is 0.250. The highest BCUT2D eigenvalue weighted by molar-refractivity contribution is 7.89. The maximum atomic E-state index is 13.9. The summed E-state index contributed by atoms with van der Waals surface area (Å²) in [6.07, 6.45) is 5.85. The molecule has 2 aliphatic rings. The van der Waals surface area contributed by atoms with Crippen LogP contribution in [0.5, 0.6) is 0 Å². The lowest BCUT2D eigenvalue weighted by atomic mass is 9.97. The molecule has 39 heavy (non-hydrogen) atoms. The summed E-state index contributed by atoms with van der Waals surface area (Å²) in [6.45, 7) is 9.73. The zero-order valence-corrected chi connectivity index (χ0v) is 24.0. The lowest BCUT2D eigenvalue weighted by molar-refractivity contribution is -0.135. The first kappa shape index (κ1) is 27.3. The number of amides is 1. The van der Waals surface area contributed by atoms with Crippen molar-refractivity contribution in [2.45, 2.75) is 57.8 Å². The number of rotatable bonds is 6. The largest absolute Gasteiger partial charge is 0.355 e. The molecule has 0 spiro atoms. The Kier molecular flexibility index (Phi) is 7.78. The van der Waals surface area contributed by atoms with Gasteiger partial charge in [0.25, 0.3) is 0 Å². The number of piperidine rings is 1. The maximum absolute atomic E-state index is 13.9. The Bertz CT molecular complexity index is 1470. The number of benzene rings is 2. The molecule has 2 fully saturated rings. The highest BCUT2D eigenvalue weighted by Gasteiger charge is 2.39. The van der Waals surface area contributed by atoms with Gasteiger partial charge in [0.05, 0.1) is 5.92 Å². The molecule has 2 aromatic carbocycles. The van der Waals surface area contributed by atoms with Crippen LogP contribution in [0.15, 0.2) is 51.9 Å². The van der Waals surface area contributed by atoms with Crippen LogP contribution < -0.4 is 0 Å². The third-order valence-corrected chi connectivity index (χ3v) is 10.1. The number of likely N-dealkylation sites (tertiary alicyclic amines) is 1. The van der Waals surface area contributed by atoms with E-state index in [9.17, 15) is 13.2 Å². The van der Waals surface area contributed by atoms with Gasteiger partial charge in [0.1, 0.15) is 5.69 Å². The van der Waals surface area contributed by atoms with Gasteiger partial charge < -0.3 is 9.42 Å². The first-order valence-electron chi connectivity index (χ1n) is 13.7. The number of hydrogen-bond acceptors (Lipinski definition) is 5. The predicted octanol–water partition coefficient (Wildman–Crippen LogP) is 5.50. The number of aromatic nitrogens is 1. The third kappa shape index (κ3) is 5.58. The lowest BCUT2D eigenvalue weighted by Crippen LogP contribution is -2.46. The molecule has 1 aromatic heterocycles. The molecule has 5 rings (SSSR count). The second-order valence-corrected chi connectivity index (χ2v) is 12.9. The first-order chi connectivity index (χ1) is 18.6. The Morgan fingerprint density at radius 1 is 0.974 bits per heavy atom. The van der Waals surface area contributed by atoms with Gasteiger partial charge in [-0.15, -0.1) is 0 Å². The molecule has 206 valence electrons. The Hall–Kier alpha value is -3.23. The minimum atomic E-state index is -3.90. The van der Waals surface area contributed by atoms with Gasteiger partial charge in [-0.3, -0.25) is 4.79 Å². The van der Waals surface area contributed by atoms with Crippen molar-refractivity contribution in [1.82, 2.24) is 14.4 Å². The first-order valence-corrected chi connectivity index (χ1v) is 15.1. The molecule has 2 saturated heterocycles. The van der Waals surface area contributed by atoms with E-state index in [0.717, 1.165) is 23.1 Å². The summed E-state index contributed by atoms with van der Waals surface area (Å²) in [6, 6.07) is 14.5. The second kappa shape index (κ2) is 11.1. The quantitative estimate of drug-likeness (QED) is 0.407. The second-order valence-electron chi connectivity index (χ2n) is 11.0. The predicted molar refractivity (Wildman–Crippen MR) is 153 cm³/mol. The molecule has 3 heterocycles. The molecule has 2 atom stereocenters. The Morgan fingerprint density at radius 2 is 1.69 bits per heavy atom. The van der Waals surface area contributed by atoms with Gasteiger partial charge in [0.2, 0.25) is 15.9 Å². The van der Waals surface area contributed by atoms with Gasteiger partial charge in [-0.1, -0.05) is 59.3 Å². The van der Waals surface area contributed by atoms with Crippen molar-refractivity contribution in [3.63, 3.8) is 0 Å². The molecule has 7 nitrogen and oxygen atoms in total. The molecule has 0 saturated carbocycles. The molecule has 0 aliphatic carbocycles. The number of sulfonamides is 1. The monoisotopic (exact) mass is 547 g/mol. The van der Waals surface area contributed by atoms with Crippen LogP contribution in [0.4, 0.5) is 0 Å². The standard InChI is InChI=1S/C31H37N3O4S/c1-21-17-22(2)28(23(3)18-21)12-13-29-30(24(4)32-38-29)39(36,37)34-15-8-11-27(20-34)31(35)33-16-14-26(19-33)25-9-6-5-7-10-25/h5-7,9-10,12-13,17-18,26-27H,8,11,14-16,19-20H2,1-4H3/b13-12+/t26-,27+/m0/s1. The van der Waals surface area contributed by atoms with Crippen molar-refractivity contribution in [2.24, 2.45) is 5.92 Å². The van der Waals surface area contributed by atoms with Crippen molar-refractivity contribution in [3.05, 3.63) is 81.7 Å². The number of hydrogen-bond donors (Lipinski definition) is 0. The molecular formula is C31H37N3O4S. The van der Waals surface area contributed by atoms with Crippen molar-refractivity contribution in [1.29, 1.82) is 0 Å². The van der Waals surface area contributed by atoms with E-state index in [4.69, 9.17) is 4.52 Å². The van der Waals surface area contributed by atoms with E-state index in [1.54, 1.807) is 13.0 Å².